The average molecular weight is 288 g/mol. The second kappa shape index (κ2) is 6.83. The van der Waals surface area contributed by atoms with Crippen LogP contribution in [0.2, 0.25) is 0 Å². The molecule has 0 radical (unpaired) electrons. The Kier molecular flexibility index (Phi) is 4.86. The first-order valence-electron chi connectivity index (χ1n) is 6.11. The van der Waals surface area contributed by atoms with Gasteiger partial charge in [0.25, 0.3) is 0 Å². The van der Waals surface area contributed by atoms with Crippen molar-refractivity contribution >= 4 is 11.6 Å². The van der Waals surface area contributed by atoms with Gasteiger partial charge in [0.05, 0.1) is 12.7 Å². The van der Waals surface area contributed by atoms with Gasteiger partial charge in [-0.05, 0) is 35.4 Å². The Labute approximate surface area is 123 Å². The minimum absolute atomic E-state index is 0.419. The van der Waals surface area contributed by atoms with Crippen LogP contribution < -0.4 is 9.47 Å². The van der Waals surface area contributed by atoms with Crippen molar-refractivity contribution < 1.29 is 9.47 Å². The second-order valence-electron chi connectivity index (χ2n) is 4.21. The van der Waals surface area contributed by atoms with Gasteiger partial charge in [0, 0.05) is 5.88 Å². The van der Waals surface area contributed by atoms with E-state index in [-0.39, 0.29) is 0 Å². The van der Waals surface area contributed by atoms with Crippen LogP contribution in [0, 0.1) is 11.3 Å². The molecule has 4 heteroatoms. The van der Waals surface area contributed by atoms with Crippen molar-refractivity contribution in [1.29, 1.82) is 5.26 Å². The summed E-state index contributed by atoms with van der Waals surface area (Å²) in [7, 11) is 1.55. The molecule has 2 rings (SSSR count). The summed E-state index contributed by atoms with van der Waals surface area (Å²) in [5.74, 6) is 1.83. The quantitative estimate of drug-likeness (QED) is 0.784. The minimum atomic E-state index is 0.419. The lowest BCUT2D eigenvalue weighted by Gasteiger charge is -2.09. The third-order valence-electron chi connectivity index (χ3n) is 2.87. The van der Waals surface area contributed by atoms with Gasteiger partial charge in [-0.3, -0.25) is 0 Å². The summed E-state index contributed by atoms with van der Waals surface area (Å²) in [6.45, 7) is 0.419. The Hall–Kier alpha value is -2.18. The summed E-state index contributed by atoms with van der Waals surface area (Å²) in [6, 6.07) is 15.1. The van der Waals surface area contributed by atoms with Crippen molar-refractivity contribution in [2.75, 3.05) is 7.11 Å². The fraction of sp³-hybridized carbons (Fsp3) is 0.188. The average Bonchev–Trinajstić information content (AvgIpc) is 2.53. The molecule has 0 atom stereocenters. The number of rotatable bonds is 5. The molecule has 0 aliphatic heterocycles. The number of benzene rings is 2. The van der Waals surface area contributed by atoms with E-state index in [1.165, 1.54) is 0 Å². The molecule has 0 N–H and O–H groups in total. The Bertz CT molecular complexity index is 617. The van der Waals surface area contributed by atoms with E-state index >= 15 is 0 Å². The third-order valence-corrected chi connectivity index (χ3v) is 3.18. The number of halogens is 1. The van der Waals surface area contributed by atoms with Crippen molar-refractivity contribution in [2.45, 2.75) is 12.5 Å². The highest BCUT2D eigenvalue weighted by Gasteiger charge is 2.04. The fourth-order valence-electron chi connectivity index (χ4n) is 1.76. The van der Waals surface area contributed by atoms with Gasteiger partial charge in [-0.1, -0.05) is 18.2 Å². The lowest BCUT2D eigenvalue weighted by molar-refractivity contribution is 0.305. The van der Waals surface area contributed by atoms with Crippen molar-refractivity contribution in [3.05, 3.63) is 59.2 Å². The summed E-state index contributed by atoms with van der Waals surface area (Å²) >= 11 is 5.73. The number of methoxy groups -OCH3 is 1. The summed E-state index contributed by atoms with van der Waals surface area (Å²) in [6.07, 6.45) is 0. The third kappa shape index (κ3) is 3.43. The minimum Gasteiger partial charge on any atom is -0.495 e. The van der Waals surface area contributed by atoms with E-state index in [1.807, 2.05) is 36.4 Å². The first kappa shape index (κ1) is 14.2. The molecule has 0 heterocycles. The van der Waals surface area contributed by atoms with Crippen LogP contribution in [0.4, 0.5) is 0 Å². The molecule has 0 aliphatic carbocycles. The Morgan fingerprint density at radius 2 is 1.80 bits per heavy atom. The molecule has 0 bridgehead atoms. The van der Waals surface area contributed by atoms with E-state index in [4.69, 9.17) is 26.3 Å². The molecule has 2 aromatic carbocycles. The number of hydrogen-bond donors (Lipinski definition) is 0. The summed E-state index contributed by atoms with van der Waals surface area (Å²) in [5.41, 5.74) is 2.52. The molecule has 0 saturated carbocycles. The zero-order valence-corrected chi connectivity index (χ0v) is 11.9. The summed E-state index contributed by atoms with van der Waals surface area (Å²) in [4.78, 5) is 0. The molecular weight excluding hydrogens is 274 g/mol. The highest BCUT2D eigenvalue weighted by atomic mass is 35.5. The molecule has 0 saturated heterocycles. The van der Waals surface area contributed by atoms with Gasteiger partial charge < -0.3 is 9.47 Å². The SMILES string of the molecule is COc1cc(COc2ccc(CCl)cc2)ccc1C#N. The molecule has 0 spiro atoms. The normalized spacial score (nSPS) is 9.85. The van der Waals surface area contributed by atoms with Crippen LogP contribution in [-0.4, -0.2) is 7.11 Å². The molecule has 0 fully saturated rings. The lowest BCUT2D eigenvalue weighted by atomic mass is 10.1. The van der Waals surface area contributed by atoms with Crippen LogP contribution in [0.15, 0.2) is 42.5 Å². The molecule has 0 amide bonds. The Morgan fingerprint density at radius 1 is 1.10 bits per heavy atom. The van der Waals surface area contributed by atoms with Gasteiger partial charge in [0.15, 0.2) is 0 Å². The zero-order chi connectivity index (χ0) is 14.4. The van der Waals surface area contributed by atoms with Crippen LogP contribution in [0.5, 0.6) is 11.5 Å². The van der Waals surface area contributed by atoms with Crippen molar-refractivity contribution in [2.24, 2.45) is 0 Å². The predicted molar refractivity (Wildman–Crippen MR) is 78.0 cm³/mol. The van der Waals surface area contributed by atoms with E-state index in [9.17, 15) is 0 Å². The number of ether oxygens (including phenoxy) is 2. The number of alkyl halides is 1. The molecule has 3 nitrogen and oxygen atoms in total. The molecule has 102 valence electrons. The van der Waals surface area contributed by atoms with E-state index in [0.717, 1.165) is 16.9 Å². The van der Waals surface area contributed by atoms with E-state index in [0.29, 0.717) is 23.8 Å². The van der Waals surface area contributed by atoms with Gasteiger partial charge in [0.2, 0.25) is 0 Å². The largest absolute Gasteiger partial charge is 0.495 e. The first-order chi connectivity index (χ1) is 9.76. The van der Waals surface area contributed by atoms with Gasteiger partial charge in [-0.2, -0.15) is 5.26 Å². The molecule has 0 aromatic heterocycles. The fourth-order valence-corrected chi connectivity index (χ4v) is 1.94. The second-order valence-corrected chi connectivity index (χ2v) is 4.48. The van der Waals surface area contributed by atoms with Gasteiger partial charge >= 0.3 is 0 Å². The number of nitrogens with zero attached hydrogens (tertiary/aromatic N) is 1. The Balaban J connectivity index is 2.05. The maximum absolute atomic E-state index is 8.93. The molecule has 0 unspecified atom stereocenters. The van der Waals surface area contributed by atoms with Gasteiger partial charge in [-0.25, -0.2) is 0 Å². The highest BCUT2D eigenvalue weighted by Crippen LogP contribution is 2.21. The predicted octanol–water partition coefficient (Wildman–Crippen LogP) is 3.88. The zero-order valence-electron chi connectivity index (χ0n) is 11.1. The van der Waals surface area contributed by atoms with Crippen molar-refractivity contribution in [3.8, 4) is 17.6 Å². The molecule has 2 aromatic rings. The summed E-state index contributed by atoms with van der Waals surface area (Å²) < 4.78 is 10.8. The van der Waals surface area contributed by atoms with Crippen LogP contribution in [0.3, 0.4) is 0 Å². The lowest BCUT2D eigenvalue weighted by Crippen LogP contribution is -1.97. The Morgan fingerprint density at radius 3 is 2.40 bits per heavy atom. The van der Waals surface area contributed by atoms with Crippen LogP contribution in [0.1, 0.15) is 16.7 Å². The standard InChI is InChI=1S/C16H14ClNO2/c1-19-16-8-13(2-5-14(16)10-18)11-20-15-6-3-12(9-17)4-7-15/h2-8H,9,11H2,1H3. The smallest absolute Gasteiger partial charge is 0.137 e. The van der Waals surface area contributed by atoms with E-state index in [2.05, 4.69) is 6.07 Å². The van der Waals surface area contributed by atoms with E-state index in [1.54, 1.807) is 13.2 Å². The molecule has 20 heavy (non-hydrogen) atoms. The number of hydrogen-bond acceptors (Lipinski definition) is 3. The van der Waals surface area contributed by atoms with Gasteiger partial charge in [-0.15, -0.1) is 11.6 Å². The maximum Gasteiger partial charge on any atom is 0.137 e. The topological polar surface area (TPSA) is 42.2 Å². The molecule has 0 aliphatic rings. The van der Waals surface area contributed by atoms with Crippen LogP contribution in [0.25, 0.3) is 0 Å². The van der Waals surface area contributed by atoms with Gasteiger partial charge in [0.1, 0.15) is 24.2 Å². The molecular formula is C16H14ClNO2. The van der Waals surface area contributed by atoms with E-state index < -0.39 is 0 Å². The highest BCUT2D eigenvalue weighted by molar-refractivity contribution is 6.17. The van der Waals surface area contributed by atoms with Crippen LogP contribution in [-0.2, 0) is 12.5 Å². The van der Waals surface area contributed by atoms with Crippen molar-refractivity contribution in [3.63, 3.8) is 0 Å². The van der Waals surface area contributed by atoms with Crippen LogP contribution >= 0.6 is 11.6 Å². The maximum atomic E-state index is 8.93. The number of nitriles is 1. The van der Waals surface area contributed by atoms with Crippen molar-refractivity contribution in [1.82, 2.24) is 0 Å². The monoisotopic (exact) mass is 287 g/mol. The summed E-state index contributed by atoms with van der Waals surface area (Å²) in [5, 5.41) is 8.93. The first-order valence-corrected chi connectivity index (χ1v) is 6.65.